The molecule has 0 bridgehead atoms. The fraction of sp³-hybridized carbons (Fsp3) is 0.214. The highest BCUT2D eigenvalue weighted by Crippen LogP contribution is 2.12. The number of nitrogens with one attached hydrogen (secondary N) is 1. The number of hydrogen-bond acceptors (Lipinski definition) is 3. The number of benzene rings is 1. The van der Waals surface area contributed by atoms with E-state index in [-0.39, 0.29) is 0 Å². The predicted octanol–water partition coefficient (Wildman–Crippen LogP) is 1.61. The number of fused-ring (bicyclic) bond motifs is 1. The van der Waals surface area contributed by atoms with Gasteiger partial charge >= 0.3 is 5.69 Å². The molecule has 0 atom stereocenters. The molecule has 0 saturated heterocycles. The normalized spacial score (nSPS) is 11.1. The zero-order chi connectivity index (χ0) is 15.0. The minimum atomic E-state index is -0.469. The number of nitrogens with zero attached hydrogens (tertiary/aromatic N) is 3. The third-order valence-electron chi connectivity index (χ3n) is 3.35. The Labute approximate surface area is 124 Å². The van der Waals surface area contributed by atoms with E-state index in [1.54, 1.807) is 23.0 Å². The first-order valence-electron chi connectivity index (χ1n) is 6.52. The van der Waals surface area contributed by atoms with Crippen LogP contribution in [0.3, 0.4) is 0 Å². The standard InChI is InChI=1S/C14H13ClN4O2/c1-2-18-8-16-12-11(18)13(20)17-14(21)19(12)7-9-3-5-10(15)6-4-9/h3-6,8H,2,7H2,1H3,(H,17,20,21). The van der Waals surface area contributed by atoms with Crippen LogP contribution in [0, 0.1) is 0 Å². The van der Waals surface area contributed by atoms with Crippen LogP contribution in [0.25, 0.3) is 11.2 Å². The summed E-state index contributed by atoms with van der Waals surface area (Å²) in [5.41, 5.74) is 0.818. The highest BCUT2D eigenvalue weighted by atomic mass is 35.5. The third-order valence-corrected chi connectivity index (χ3v) is 3.60. The van der Waals surface area contributed by atoms with Crippen molar-refractivity contribution >= 4 is 22.8 Å². The molecule has 0 amide bonds. The molecule has 21 heavy (non-hydrogen) atoms. The highest BCUT2D eigenvalue weighted by Gasteiger charge is 2.13. The molecule has 0 aliphatic rings. The number of H-pyrrole nitrogens is 1. The van der Waals surface area contributed by atoms with Crippen LogP contribution in [-0.4, -0.2) is 19.1 Å². The molecular weight excluding hydrogens is 292 g/mol. The molecule has 0 unspecified atom stereocenters. The monoisotopic (exact) mass is 304 g/mol. The van der Waals surface area contributed by atoms with E-state index in [1.807, 2.05) is 19.1 Å². The fourth-order valence-electron chi connectivity index (χ4n) is 2.28. The van der Waals surface area contributed by atoms with E-state index in [0.717, 1.165) is 5.56 Å². The summed E-state index contributed by atoms with van der Waals surface area (Å²) >= 11 is 5.85. The third kappa shape index (κ3) is 2.38. The highest BCUT2D eigenvalue weighted by molar-refractivity contribution is 6.30. The Morgan fingerprint density at radius 2 is 1.95 bits per heavy atom. The smallest absolute Gasteiger partial charge is 0.325 e. The van der Waals surface area contributed by atoms with E-state index in [4.69, 9.17) is 11.6 Å². The molecule has 2 heterocycles. The van der Waals surface area contributed by atoms with Crippen molar-refractivity contribution in [3.05, 3.63) is 62.0 Å². The molecule has 0 fully saturated rings. The van der Waals surface area contributed by atoms with Crippen molar-refractivity contribution in [2.24, 2.45) is 0 Å². The maximum Gasteiger partial charge on any atom is 0.330 e. The van der Waals surface area contributed by atoms with Gasteiger partial charge in [0.2, 0.25) is 0 Å². The quantitative estimate of drug-likeness (QED) is 0.799. The summed E-state index contributed by atoms with van der Waals surface area (Å²) in [4.78, 5) is 30.5. The van der Waals surface area contributed by atoms with Crippen molar-refractivity contribution in [3.8, 4) is 0 Å². The SMILES string of the molecule is CCn1cnc2c1c(=O)[nH]c(=O)n2Cc1ccc(Cl)cc1. The van der Waals surface area contributed by atoms with Crippen molar-refractivity contribution in [1.29, 1.82) is 0 Å². The Bertz CT molecular complexity index is 905. The number of aromatic nitrogens is 4. The van der Waals surface area contributed by atoms with Crippen LogP contribution >= 0.6 is 11.6 Å². The maximum absolute atomic E-state index is 12.1. The molecule has 108 valence electrons. The number of aromatic amines is 1. The second kappa shape index (κ2) is 5.21. The van der Waals surface area contributed by atoms with Crippen molar-refractivity contribution in [2.75, 3.05) is 0 Å². The molecule has 7 heteroatoms. The first kappa shape index (κ1) is 13.6. The Kier molecular flexibility index (Phi) is 3.39. The molecule has 0 saturated carbocycles. The maximum atomic E-state index is 12.1. The molecule has 2 aromatic heterocycles. The van der Waals surface area contributed by atoms with E-state index >= 15 is 0 Å². The van der Waals surface area contributed by atoms with Crippen LogP contribution < -0.4 is 11.2 Å². The molecule has 0 aliphatic carbocycles. The number of hydrogen-bond donors (Lipinski definition) is 1. The lowest BCUT2D eigenvalue weighted by Gasteiger charge is -2.07. The molecule has 3 rings (SSSR count). The molecule has 0 spiro atoms. The van der Waals surface area contributed by atoms with E-state index < -0.39 is 11.2 Å². The summed E-state index contributed by atoms with van der Waals surface area (Å²) in [7, 11) is 0. The van der Waals surface area contributed by atoms with Gasteiger partial charge in [-0.05, 0) is 24.6 Å². The van der Waals surface area contributed by atoms with E-state index in [1.165, 1.54) is 4.57 Å². The van der Waals surface area contributed by atoms with Crippen LogP contribution in [0.4, 0.5) is 0 Å². The van der Waals surface area contributed by atoms with Gasteiger partial charge < -0.3 is 4.57 Å². The summed E-state index contributed by atoms with van der Waals surface area (Å²) in [6, 6.07) is 7.19. The molecule has 6 nitrogen and oxygen atoms in total. The van der Waals surface area contributed by atoms with Crippen LogP contribution in [0.15, 0.2) is 40.2 Å². The summed E-state index contributed by atoms with van der Waals surface area (Å²) in [5, 5.41) is 0.632. The van der Waals surface area contributed by atoms with Crippen molar-refractivity contribution in [3.63, 3.8) is 0 Å². The van der Waals surface area contributed by atoms with Gasteiger partial charge in [-0.25, -0.2) is 9.78 Å². The topological polar surface area (TPSA) is 72.7 Å². The summed E-state index contributed by atoms with van der Waals surface area (Å²) in [5.74, 6) is 0. The minimum absolute atomic E-state index is 0.323. The molecule has 3 aromatic rings. The van der Waals surface area contributed by atoms with Crippen molar-refractivity contribution in [2.45, 2.75) is 20.0 Å². The second-order valence-corrected chi connectivity index (χ2v) is 5.11. The van der Waals surface area contributed by atoms with E-state index in [2.05, 4.69) is 9.97 Å². The van der Waals surface area contributed by atoms with E-state index in [0.29, 0.717) is 29.3 Å². The number of aryl methyl sites for hydroxylation is 1. The van der Waals surface area contributed by atoms with Gasteiger partial charge in [-0.15, -0.1) is 0 Å². The van der Waals surface area contributed by atoms with Gasteiger partial charge in [0.15, 0.2) is 11.2 Å². The predicted molar refractivity (Wildman–Crippen MR) is 80.8 cm³/mol. The van der Waals surface area contributed by atoms with E-state index in [9.17, 15) is 9.59 Å². The van der Waals surface area contributed by atoms with Gasteiger partial charge in [0.05, 0.1) is 12.9 Å². The number of halogens is 1. The number of rotatable bonds is 3. The molecular formula is C14H13ClN4O2. The number of imidazole rings is 1. The Hall–Kier alpha value is -2.34. The fourth-order valence-corrected chi connectivity index (χ4v) is 2.41. The van der Waals surface area contributed by atoms with Crippen LogP contribution in [-0.2, 0) is 13.1 Å². The Morgan fingerprint density at radius 3 is 2.62 bits per heavy atom. The molecule has 0 radical (unpaired) electrons. The molecule has 1 N–H and O–H groups in total. The van der Waals surface area contributed by atoms with Gasteiger partial charge in [0, 0.05) is 11.6 Å². The van der Waals surface area contributed by atoms with Gasteiger partial charge in [0.1, 0.15) is 0 Å². The van der Waals surface area contributed by atoms with Gasteiger partial charge in [0.25, 0.3) is 5.56 Å². The van der Waals surface area contributed by atoms with Crippen LogP contribution in [0.5, 0.6) is 0 Å². The van der Waals surface area contributed by atoms with Crippen LogP contribution in [0.2, 0.25) is 5.02 Å². The van der Waals surface area contributed by atoms with Crippen LogP contribution in [0.1, 0.15) is 12.5 Å². The summed E-state index contributed by atoms with van der Waals surface area (Å²) in [6.45, 7) is 2.85. The molecule has 1 aromatic carbocycles. The lowest BCUT2D eigenvalue weighted by atomic mass is 10.2. The first-order valence-corrected chi connectivity index (χ1v) is 6.90. The minimum Gasteiger partial charge on any atom is -0.325 e. The average Bonchev–Trinajstić information content (AvgIpc) is 2.89. The zero-order valence-electron chi connectivity index (χ0n) is 11.3. The Morgan fingerprint density at radius 1 is 1.24 bits per heavy atom. The first-order chi connectivity index (χ1) is 10.1. The van der Waals surface area contributed by atoms with Crippen molar-refractivity contribution in [1.82, 2.24) is 19.1 Å². The zero-order valence-corrected chi connectivity index (χ0v) is 12.1. The lowest BCUT2D eigenvalue weighted by molar-refractivity contribution is 0.742. The van der Waals surface area contributed by atoms with Gasteiger partial charge in [-0.3, -0.25) is 14.3 Å². The van der Waals surface area contributed by atoms with Gasteiger partial charge in [-0.2, -0.15) is 0 Å². The summed E-state index contributed by atoms with van der Waals surface area (Å²) < 4.78 is 3.16. The Balaban J connectivity index is 2.18. The average molecular weight is 305 g/mol. The molecule has 0 aliphatic heterocycles. The second-order valence-electron chi connectivity index (χ2n) is 4.67. The lowest BCUT2D eigenvalue weighted by Crippen LogP contribution is -2.31. The largest absolute Gasteiger partial charge is 0.330 e. The summed E-state index contributed by atoms with van der Waals surface area (Å²) in [6.07, 6.45) is 1.57. The van der Waals surface area contributed by atoms with Gasteiger partial charge in [-0.1, -0.05) is 23.7 Å². The van der Waals surface area contributed by atoms with Crippen molar-refractivity contribution < 1.29 is 0 Å².